The van der Waals surface area contributed by atoms with Gasteiger partial charge in [-0.25, -0.2) is 0 Å². The van der Waals surface area contributed by atoms with Crippen LogP contribution in [0.3, 0.4) is 0 Å². The molecular formula is C16H26N2O. The Hall–Kier alpha value is -1.32. The fraction of sp³-hybridized carbons (Fsp3) is 0.500. The number of nitrogens with one attached hydrogen (secondary N) is 1. The first-order valence-electron chi connectivity index (χ1n) is 7.00. The van der Waals surface area contributed by atoms with Gasteiger partial charge in [-0.15, -0.1) is 0 Å². The number of hydrogen-bond donors (Lipinski definition) is 1. The van der Waals surface area contributed by atoms with Crippen LogP contribution in [0.15, 0.2) is 36.4 Å². The van der Waals surface area contributed by atoms with E-state index in [-0.39, 0.29) is 0 Å². The molecule has 1 rings (SSSR count). The van der Waals surface area contributed by atoms with Gasteiger partial charge >= 0.3 is 0 Å². The highest BCUT2D eigenvalue weighted by molar-refractivity contribution is 5.28. The number of nitrogens with zero attached hydrogens (tertiary/aromatic N) is 1. The first kappa shape index (κ1) is 15.7. The quantitative estimate of drug-likeness (QED) is 0.547. The van der Waals surface area contributed by atoms with Gasteiger partial charge in [0.15, 0.2) is 0 Å². The normalized spacial score (nSPS) is 11.4. The monoisotopic (exact) mass is 262 g/mol. The Labute approximate surface area is 117 Å². The van der Waals surface area contributed by atoms with E-state index in [1.807, 2.05) is 13.1 Å². The van der Waals surface area contributed by atoms with Gasteiger partial charge in [-0.2, -0.15) is 0 Å². The Morgan fingerprint density at radius 1 is 1.37 bits per heavy atom. The van der Waals surface area contributed by atoms with Crippen LogP contribution in [0.25, 0.3) is 0 Å². The molecule has 3 nitrogen and oxygen atoms in total. The molecule has 3 heteroatoms. The molecule has 0 saturated carbocycles. The van der Waals surface area contributed by atoms with Crippen molar-refractivity contribution in [2.24, 2.45) is 0 Å². The van der Waals surface area contributed by atoms with Crippen molar-refractivity contribution in [1.82, 2.24) is 10.2 Å². The number of rotatable bonds is 9. The number of hydrogen-bond acceptors (Lipinski definition) is 3. The maximum atomic E-state index is 5.69. The van der Waals surface area contributed by atoms with Crippen LogP contribution in [0.1, 0.15) is 19.4 Å². The molecule has 0 spiro atoms. The molecule has 0 aliphatic carbocycles. The summed E-state index contributed by atoms with van der Waals surface area (Å²) in [6.07, 6.45) is 4.29. The van der Waals surface area contributed by atoms with Crippen LogP contribution in [-0.4, -0.2) is 38.2 Å². The summed E-state index contributed by atoms with van der Waals surface area (Å²) in [6.45, 7) is 8.83. The highest BCUT2D eigenvalue weighted by atomic mass is 16.5. The van der Waals surface area contributed by atoms with Crippen LogP contribution < -0.4 is 10.1 Å². The van der Waals surface area contributed by atoms with Crippen LogP contribution in [-0.2, 0) is 6.54 Å². The summed E-state index contributed by atoms with van der Waals surface area (Å²) in [4.78, 5) is 2.40. The van der Waals surface area contributed by atoms with Crippen LogP contribution >= 0.6 is 0 Å². The molecule has 0 aliphatic rings. The van der Waals surface area contributed by atoms with Gasteiger partial charge in [-0.1, -0.05) is 31.2 Å². The van der Waals surface area contributed by atoms with E-state index in [4.69, 9.17) is 4.74 Å². The largest absolute Gasteiger partial charge is 0.492 e. The minimum atomic E-state index is 0.704. The summed E-state index contributed by atoms with van der Waals surface area (Å²) in [5.74, 6) is 0.954. The average Bonchev–Trinajstić information content (AvgIpc) is 2.44. The van der Waals surface area contributed by atoms with Crippen molar-refractivity contribution in [3.05, 3.63) is 42.0 Å². The zero-order valence-electron chi connectivity index (χ0n) is 12.4. The topological polar surface area (TPSA) is 24.5 Å². The molecule has 106 valence electrons. The van der Waals surface area contributed by atoms with Gasteiger partial charge in [0.1, 0.15) is 12.4 Å². The van der Waals surface area contributed by atoms with Crippen LogP contribution in [0.2, 0.25) is 0 Å². The van der Waals surface area contributed by atoms with E-state index in [0.29, 0.717) is 6.61 Å². The van der Waals surface area contributed by atoms with Gasteiger partial charge in [0.05, 0.1) is 0 Å². The lowest BCUT2D eigenvalue weighted by atomic mass is 10.2. The Balaban J connectivity index is 2.54. The molecule has 0 aliphatic heterocycles. The van der Waals surface area contributed by atoms with Gasteiger partial charge < -0.3 is 10.1 Å². The molecule has 0 unspecified atom stereocenters. The summed E-state index contributed by atoms with van der Waals surface area (Å²) in [7, 11) is 1.93. The van der Waals surface area contributed by atoms with Crippen molar-refractivity contribution < 1.29 is 4.74 Å². The Morgan fingerprint density at radius 3 is 2.89 bits per heavy atom. The zero-order valence-corrected chi connectivity index (χ0v) is 12.4. The maximum Gasteiger partial charge on any atom is 0.119 e. The van der Waals surface area contributed by atoms with E-state index in [2.05, 4.69) is 54.4 Å². The third kappa shape index (κ3) is 6.41. The van der Waals surface area contributed by atoms with Crippen molar-refractivity contribution in [2.45, 2.75) is 20.4 Å². The minimum Gasteiger partial charge on any atom is -0.492 e. The van der Waals surface area contributed by atoms with Gasteiger partial charge in [0, 0.05) is 19.6 Å². The molecule has 0 bridgehead atoms. The number of benzene rings is 1. The van der Waals surface area contributed by atoms with Crippen LogP contribution in [0.5, 0.6) is 5.75 Å². The van der Waals surface area contributed by atoms with Gasteiger partial charge in [-0.05, 0) is 38.2 Å². The highest BCUT2D eigenvalue weighted by Gasteiger charge is 2.03. The Bertz CT molecular complexity index is 377. The van der Waals surface area contributed by atoms with Crippen molar-refractivity contribution >= 4 is 0 Å². The van der Waals surface area contributed by atoms with Crippen molar-refractivity contribution in [2.75, 3.05) is 33.3 Å². The summed E-state index contributed by atoms with van der Waals surface area (Å²) >= 11 is 0. The second-order valence-electron chi connectivity index (χ2n) is 4.50. The second kappa shape index (κ2) is 9.59. The molecule has 0 fully saturated rings. The van der Waals surface area contributed by atoms with E-state index in [0.717, 1.165) is 31.9 Å². The molecular weight excluding hydrogens is 236 g/mol. The van der Waals surface area contributed by atoms with Crippen LogP contribution in [0.4, 0.5) is 0 Å². The van der Waals surface area contributed by atoms with Crippen LogP contribution in [0, 0.1) is 0 Å². The number of likely N-dealkylation sites (N-methyl/N-ethyl adjacent to an activating group) is 2. The Kier molecular flexibility index (Phi) is 7.94. The molecule has 0 heterocycles. The summed E-state index contributed by atoms with van der Waals surface area (Å²) < 4.78 is 5.69. The first-order valence-corrected chi connectivity index (χ1v) is 7.00. The summed E-state index contributed by atoms with van der Waals surface area (Å²) in [5, 5.41) is 3.08. The summed E-state index contributed by atoms with van der Waals surface area (Å²) in [6, 6.07) is 8.37. The lowest BCUT2D eigenvalue weighted by Crippen LogP contribution is -2.22. The maximum absolute atomic E-state index is 5.69. The fourth-order valence-corrected chi connectivity index (χ4v) is 1.82. The molecule has 0 radical (unpaired) electrons. The predicted octanol–water partition coefficient (Wildman–Crippen LogP) is 2.68. The average molecular weight is 262 g/mol. The highest BCUT2D eigenvalue weighted by Crippen LogP contribution is 2.14. The third-order valence-corrected chi connectivity index (χ3v) is 2.97. The minimum absolute atomic E-state index is 0.704. The van der Waals surface area contributed by atoms with E-state index in [1.165, 1.54) is 5.56 Å². The first-order chi connectivity index (χ1) is 9.30. The van der Waals surface area contributed by atoms with Gasteiger partial charge in [0.2, 0.25) is 0 Å². The Morgan fingerprint density at radius 2 is 2.21 bits per heavy atom. The van der Waals surface area contributed by atoms with Crippen molar-refractivity contribution in [1.29, 1.82) is 0 Å². The molecule has 1 N–H and O–H groups in total. The molecule has 1 aromatic rings. The zero-order chi connectivity index (χ0) is 13.9. The van der Waals surface area contributed by atoms with Gasteiger partial charge in [0.25, 0.3) is 0 Å². The molecule has 0 saturated heterocycles. The van der Waals surface area contributed by atoms with E-state index in [1.54, 1.807) is 0 Å². The van der Waals surface area contributed by atoms with Crippen molar-refractivity contribution in [3.63, 3.8) is 0 Å². The standard InChI is InChI=1S/C16H26N2O/c1-4-6-11-18(5-2)14-15-8-7-9-16(13-15)19-12-10-17-3/h4,6-9,13,17H,5,10-12,14H2,1-3H3/b6-4+. The van der Waals surface area contributed by atoms with E-state index in [9.17, 15) is 0 Å². The molecule has 0 amide bonds. The predicted molar refractivity (Wildman–Crippen MR) is 81.6 cm³/mol. The lowest BCUT2D eigenvalue weighted by Gasteiger charge is -2.19. The SMILES string of the molecule is C/C=C/CN(CC)Cc1cccc(OCCNC)c1. The van der Waals surface area contributed by atoms with E-state index < -0.39 is 0 Å². The third-order valence-electron chi connectivity index (χ3n) is 2.97. The molecule has 19 heavy (non-hydrogen) atoms. The molecule has 0 aromatic heterocycles. The number of allylic oxidation sites excluding steroid dienone is 1. The lowest BCUT2D eigenvalue weighted by molar-refractivity contribution is 0.305. The van der Waals surface area contributed by atoms with Crippen molar-refractivity contribution in [3.8, 4) is 5.75 Å². The summed E-state index contributed by atoms with van der Waals surface area (Å²) in [5.41, 5.74) is 1.30. The molecule has 1 aromatic carbocycles. The second-order valence-corrected chi connectivity index (χ2v) is 4.50. The number of ether oxygens (including phenoxy) is 1. The molecule has 0 atom stereocenters. The van der Waals surface area contributed by atoms with E-state index >= 15 is 0 Å². The fourth-order valence-electron chi connectivity index (χ4n) is 1.82. The van der Waals surface area contributed by atoms with Gasteiger partial charge in [-0.3, -0.25) is 4.90 Å². The smallest absolute Gasteiger partial charge is 0.119 e.